The lowest BCUT2D eigenvalue weighted by Crippen LogP contribution is -1.88. The second kappa shape index (κ2) is 6.36. The summed E-state index contributed by atoms with van der Waals surface area (Å²) in [4.78, 5) is -0.264. The summed E-state index contributed by atoms with van der Waals surface area (Å²) in [7, 11) is 0. The van der Waals surface area contributed by atoms with Crippen molar-refractivity contribution in [2.45, 2.75) is 11.8 Å². The van der Waals surface area contributed by atoms with Crippen LogP contribution in [-0.2, 0) is 0 Å². The first-order valence-electron chi connectivity index (χ1n) is 5.90. The molecule has 2 rings (SSSR count). The average molecular weight is 287 g/mol. The highest BCUT2D eigenvalue weighted by Gasteiger charge is 2.10. The highest BCUT2D eigenvalue weighted by atomic mass is 32.2. The van der Waals surface area contributed by atoms with E-state index in [0.29, 0.717) is 17.3 Å². The minimum atomic E-state index is -0.722. The van der Waals surface area contributed by atoms with Gasteiger partial charge in [0.15, 0.2) is 0 Å². The Bertz CT molecular complexity index is 662. The number of rotatable bonds is 3. The Kier molecular flexibility index (Phi) is 4.54. The Morgan fingerprint density at radius 1 is 1.00 bits per heavy atom. The van der Waals surface area contributed by atoms with Crippen LogP contribution in [0.3, 0.4) is 0 Å². The molecule has 0 N–H and O–H groups in total. The average Bonchev–Trinajstić information content (AvgIpc) is 2.42. The van der Waals surface area contributed by atoms with Gasteiger partial charge in [-0.3, -0.25) is 0 Å². The van der Waals surface area contributed by atoms with Crippen molar-refractivity contribution in [3.63, 3.8) is 0 Å². The molecule has 0 amide bonds. The number of benzene rings is 2. The second-order valence-electron chi connectivity index (χ2n) is 4.25. The Balaban J connectivity index is 2.26. The van der Waals surface area contributed by atoms with E-state index in [1.807, 2.05) is 31.2 Å². The van der Waals surface area contributed by atoms with Crippen molar-refractivity contribution in [3.05, 3.63) is 64.7 Å². The van der Waals surface area contributed by atoms with E-state index < -0.39 is 11.6 Å². The predicted octanol–water partition coefficient (Wildman–Crippen LogP) is 5.02. The molecule has 0 unspecified atom stereocenters. The number of hydrogen-bond acceptors (Lipinski definition) is 2. The van der Waals surface area contributed by atoms with Gasteiger partial charge >= 0.3 is 0 Å². The number of thiocyanates is 1. The molecule has 2 aromatic rings. The maximum atomic E-state index is 13.6. The zero-order chi connectivity index (χ0) is 14.5. The fourth-order valence-electron chi connectivity index (χ4n) is 1.69. The molecule has 0 saturated heterocycles. The van der Waals surface area contributed by atoms with Crippen LogP contribution in [-0.4, -0.2) is 0 Å². The lowest BCUT2D eigenvalue weighted by atomic mass is 10.1. The van der Waals surface area contributed by atoms with Gasteiger partial charge in [-0.05, 0) is 41.9 Å². The molecule has 2 aromatic carbocycles. The molecule has 0 heterocycles. The zero-order valence-corrected chi connectivity index (χ0v) is 11.5. The van der Waals surface area contributed by atoms with Gasteiger partial charge in [0, 0.05) is 0 Å². The third kappa shape index (κ3) is 3.46. The van der Waals surface area contributed by atoms with Gasteiger partial charge in [-0.1, -0.05) is 42.0 Å². The summed E-state index contributed by atoms with van der Waals surface area (Å²) >= 11 is 0.485. The predicted molar refractivity (Wildman–Crippen MR) is 77.9 cm³/mol. The van der Waals surface area contributed by atoms with Crippen molar-refractivity contribution in [2.75, 3.05) is 0 Å². The number of nitriles is 1. The van der Waals surface area contributed by atoms with Crippen LogP contribution >= 0.6 is 11.8 Å². The first kappa shape index (κ1) is 14.3. The largest absolute Gasteiger partial charge is 0.206 e. The van der Waals surface area contributed by atoms with Crippen molar-refractivity contribution in [3.8, 4) is 5.40 Å². The van der Waals surface area contributed by atoms with E-state index in [0.717, 1.165) is 11.1 Å². The van der Waals surface area contributed by atoms with Gasteiger partial charge in [0.1, 0.15) is 17.0 Å². The smallest absolute Gasteiger partial charge is 0.141 e. The first-order valence-corrected chi connectivity index (χ1v) is 6.71. The van der Waals surface area contributed by atoms with Crippen LogP contribution in [0.15, 0.2) is 41.3 Å². The summed E-state index contributed by atoms with van der Waals surface area (Å²) in [6, 6.07) is 10.2. The fourth-order valence-corrected chi connectivity index (χ4v) is 2.09. The van der Waals surface area contributed by atoms with E-state index in [-0.39, 0.29) is 4.90 Å². The van der Waals surface area contributed by atoms with E-state index in [4.69, 9.17) is 5.26 Å². The summed E-state index contributed by atoms with van der Waals surface area (Å²) < 4.78 is 27.3. The molecule has 20 heavy (non-hydrogen) atoms. The van der Waals surface area contributed by atoms with Crippen molar-refractivity contribution in [1.82, 2.24) is 0 Å². The number of hydrogen-bond donors (Lipinski definition) is 0. The molecule has 0 saturated carbocycles. The normalized spacial score (nSPS) is 10.7. The van der Waals surface area contributed by atoms with Crippen LogP contribution in [0.4, 0.5) is 8.78 Å². The summed E-state index contributed by atoms with van der Waals surface area (Å²) in [5, 5.41) is 10.1. The monoisotopic (exact) mass is 287 g/mol. The van der Waals surface area contributed by atoms with Crippen molar-refractivity contribution < 1.29 is 8.78 Å². The molecule has 1 nitrogen and oxygen atoms in total. The van der Waals surface area contributed by atoms with E-state index in [9.17, 15) is 8.78 Å². The van der Waals surface area contributed by atoms with E-state index in [1.165, 1.54) is 12.1 Å². The second-order valence-corrected chi connectivity index (χ2v) is 5.05. The van der Waals surface area contributed by atoms with Crippen LogP contribution in [0.1, 0.15) is 16.7 Å². The highest BCUT2D eigenvalue weighted by Crippen LogP contribution is 2.26. The molecule has 0 aliphatic rings. The Morgan fingerprint density at radius 2 is 1.55 bits per heavy atom. The molecule has 0 fully saturated rings. The summed E-state index contributed by atoms with van der Waals surface area (Å²) in [5.41, 5.74) is 2.52. The number of thioether (sulfide) groups is 1. The molecule has 0 aliphatic carbocycles. The minimum absolute atomic E-state index is 0.264. The van der Waals surface area contributed by atoms with Gasteiger partial charge < -0.3 is 0 Å². The molecule has 100 valence electrons. The lowest BCUT2D eigenvalue weighted by molar-refractivity contribution is 0.540. The van der Waals surface area contributed by atoms with Crippen LogP contribution in [0.25, 0.3) is 12.2 Å². The summed E-state index contributed by atoms with van der Waals surface area (Å²) in [5.74, 6) is -1.44. The van der Waals surface area contributed by atoms with Crippen LogP contribution in [0, 0.1) is 29.2 Å². The standard InChI is InChI=1S/C16H11F2NS/c1-11-2-4-12(5-3-11)6-7-13-8-14(17)16(20-10-19)15(18)9-13/h2-9H,1H3/b7-6+. The van der Waals surface area contributed by atoms with Gasteiger partial charge in [0.05, 0.1) is 4.90 Å². The quantitative estimate of drug-likeness (QED) is 0.450. The van der Waals surface area contributed by atoms with Crippen molar-refractivity contribution >= 4 is 23.9 Å². The third-order valence-electron chi connectivity index (χ3n) is 2.71. The van der Waals surface area contributed by atoms with Crippen molar-refractivity contribution in [2.24, 2.45) is 0 Å². The SMILES string of the molecule is Cc1ccc(/C=C/c2cc(F)c(SC#N)c(F)c2)cc1. The molecule has 0 spiro atoms. The number of nitrogens with zero attached hydrogens (tertiary/aromatic N) is 1. The number of halogens is 2. The topological polar surface area (TPSA) is 23.8 Å². The molecular formula is C16H11F2NS. The maximum Gasteiger partial charge on any atom is 0.141 e. The van der Waals surface area contributed by atoms with Gasteiger partial charge in [0.2, 0.25) is 0 Å². The maximum absolute atomic E-state index is 13.6. The highest BCUT2D eigenvalue weighted by molar-refractivity contribution is 8.03. The van der Waals surface area contributed by atoms with Crippen molar-refractivity contribution in [1.29, 1.82) is 5.26 Å². The minimum Gasteiger partial charge on any atom is -0.206 e. The van der Waals surface area contributed by atoms with Gasteiger partial charge in [-0.15, -0.1) is 0 Å². The molecular weight excluding hydrogens is 276 g/mol. The fraction of sp³-hybridized carbons (Fsp3) is 0.0625. The Morgan fingerprint density at radius 3 is 2.10 bits per heavy atom. The summed E-state index contributed by atoms with van der Waals surface area (Å²) in [6.07, 6.45) is 3.42. The van der Waals surface area contributed by atoms with Crippen LogP contribution in [0.5, 0.6) is 0 Å². The molecule has 0 aromatic heterocycles. The molecule has 0 radical (unpaired) electrons. The zero-order valence-electron chi connectivity index (χ0n) is 10.7. The Labute approximate surface area is 120 Å². The van der Waals surface area contributed by atoms with Gasteiger partial charge in [-0.2, -0.15) is 5.26 Å². The van der Waals surface area contributed by atoms with E-state index in [1.54, 1.807) is 17.6 Å². The van der Waals surface area contributed by atoms with Gasteiger partial charge in [0.25, 0.3) is 0 Å². The van der Waals surface area contributed by atoms with Crippen LogP contribution < -0.4 is 0 Å². The first-order chi connectivity index (χ1) is 9.60. The van der Waals surface area contributed by atoms with E-state index in [2.05, 4.69) is 0 Å². The molecule has 4 heteroatoms. The third-order valence-corrected chi connectivity index (χ3v) is 3.40. The van der Waals surface area contributed by atoms with Gasteiger partial charge in [-0.25, -0.2) is 8.78 Å². The molecule has 0 bridgehead atoms. The molecule has 0 atom stereocenters. The number of aryl methyl sites for hydroxylation is 1. The Hall–Kier alpha value is -2.12. The summed E-state index contributed by atoms with van der Waals surface area (Å²) in [6.45, 7) is 1.99. The van der Waals surface area contributed by atoms with Crippen LogP contribution in [0.2, 0.25) is 0 Å². The van der Waals surface area contributed by atoms with E-state index >= 15 is 0 Å². The molecule has 0 aliphatic heterocycles. The lowest BCUT2D eigenvalue weighted by Gasteiger charge is -2.02.